The van der Waals surface area contributed by atoms with Gasteiger partial charge in [0.05, 0.1) is 22.6 Å². The van der Waals surface area contributed by atoms with Crippen LogP contribution in [0.25, 0.3) is 10.4 Å². The molecular weight excluding hydrogens is 555 g/mol. The number of carbonyl (C=O) groups is 4. The zero-order chi connectivity index (χ0) is 24.3. The molecule has 1 saturated heterocycles. The molecule has 1 fully saturated rings. The standard InChI is InChI=1S/C23H27IN4O4S/c1-13-18(33-12-26-13)15-7-5-14(6-8-15)10-25-20(30)17-9-16(29)11-28(17)21(31)19(23(2,3)4)27-22(24)32/h5-8,12,17,19H,9-11H2,1-4H3,(H,25,30)(H,27,32). The Bertz CT molecular complexity index is 1060. The SMILES string of the molecule is Cc1ncsc1-c1ccc(CNC(=O)C2CC(=O)CN2C(=O)C(NC(=O)I)C(C)(C)C)cc1. The van der Waals surface area contributed by atoms with Gasteiger partial charge in [-0.1, -0.05) is 45.0 Å². The Morgan fingerprint density at radius 3 is 2.45 bits per heavy atom. The number of hydrogen-bond donors (Lipinski definition) is 2. The van der Waals surface area contributed by atoms with Crippen molar-refractivity contribution in [1.29, 1.82) is 0 Å². The lowest BCUT2D eigenvalue weighted by Crippen LogP contribution is -2.57. The van der Waals surface area contributed by atoms with Gasteiger partial charge < -0.3 is 15.5 Å². The smallest absolute Gasteiger partial charge is 0.281 e. The average Bonchev–Trinajstić information content (AvgIpc) is 3.35. The summed E-state index contributed by atoms with van der Waals surface area (Å²) in [5, 5.41) is 5.51. The van der Waals surface area contributed by atoms with Gasteiger partial charge in [-0.25, -0.2) is 4.98 Å². The van der Waals surface area contributed by atoms with Crippen LogP contribution >= 0.6 is 33.9 Å². The lowest BCUT2D eigenvalue weighted by Gasteiger charge is -2.34. The summed E-state index contributed by atoms with van der Waals surface area (Å²) in [7, 11) is 0. The summed E-state index contributed by atoms with van der Waals surface area (Å²) in [6.45, 7) is 7.58. The largest absolute Gasteiger partial charge is 0.350 e. The van der Waals surface area contributed by atoms with Crippen LogP contribution < -0.4 is 10.6 Å². The van der Waals surface area contributed by atoms with Crippen molar-refractivity contribution < 1.29 is 19.2 Å². The van der Waals surface area contributed by atoms with E-state index in [2.05, 4.69) is 15.6 Å². The molecule has 2 unspecified atom stereocenters. The van der Waals surface area contributed by atoms with Gasteiger partial charge >= 0.3 is 0 Å². The maximum Gasteiger partial charge on any atom is 0.281 e. The number of hydrogen-bond acceptors (Lipinski definition) is 6. The maximum atomic E-state index is 13.2. The molecule has 0 bridgehead atoms. The zero-order valence-electron chi connectivity index (χ0n) is 19.0. The molecule has 2 N–H and O–H groups in total. The number of likely N-dealkylation sites (tertiary alicyclic amines) is 1. The first-order valence-electron chi connectivity index (χ1n) is 10.5. The van der Waals surface area contributed by atoms with Crippen molar-refractivity contribution in [2.75, 3.05) is 6.54 Å². The van der Waals surface area contributed by atoms with Crippen molar-refractivity contribution in [3.63, 3.8) is 0 Å². The third-order valence-corrected chi connectivity index (χ3v) is 6.82. The van der Waals surface area contributed by atoms with E-state index >= 15 is 0 Å². The fourth-order valence-electron chi connectivity index (χ4n) is 3.74. The molecule has 3 amide bonds. The van der Waals surface area contributed by atoms with Crippen molar-refractivity contribution in [2.45, 2.75) is 52.7 Å². The number of aryl methyl sites for hydroxylation is 1. The van der Waals surface area contributed by atoms with E-state index < -0.39 is 23.4 Å². The Morgan fingerprint density at radius 2 is 1.91 bits per heavy atom. The molecule has 0 radical (unpaired) electrons. The topological polar surface area (TPSA) is 108 Å². The minimum absolute atomic E-state index is 0.0315. The fraction of sp³-hybridized carbons (Fsp3) is 0.435. The van der Waals surface area contributed by atoms with Crippen LogP contribution in [0.3, 0.4) is 0 Å². The van der Waals surface area contributed by atoms with Crippen molar-refractivity contribution in [3.05, 3.63) is 41.0 Å². The van der Waals surface area contributed by atoms with Gasteiger partial charge in [-0.2, -0.15) is 0 Å². The van der Waals surface area contributed by atoms with E-state index in [4.69, 9.17) is 0 Å². The summed E-state index contributed by atoms with van der Waals surface area (Å²) < 4.78 is -0.371. The summed E-state index contributed by atoms with van der Waals surface area (Å²) >= 11 is 3.15. The lowest BCUT2D eigenvalue weighted by atomic mass is 9.85. The predicted octanol–water partition coefficient (Wildman–Crippen LogP) is 3.46. The summed E-state index contributed by atoms with van der Waals surface area (Å²) in [6, 6.07) is 6.10. The van der Waals surface area contributed by atoms with Crippen LogP contribution in [0.5, 0.6) is 0 Å². The number of benzene rings is 1. The normalized spacial score (nSPS) is 17.1. The number of rotatable bonds is 6. The number of halogens is 1. The van der Waals surface area contributed by atoms with E-state index in [0.29, 0.717) is 0 Å². The first-order valence-corrected chi connectivity index (χ1v) is 12.5. The first kappa shape index (κ1) is 25.3. The molecule has 1 aliphatic rings. The van der Waals surface area contributed by atoms with E-state index in [1.54, 1.807) is 33.9 Å². The molecule has 2 aromatic rings. The first-order chi connectivity index (χ1) is 15.5. The minimum Gasteiger partial charge on any atom is -0.350 e. The Hall–Kier alpha value is -2.34. The Labute approximate surface area is 210 Å². The molecular formula is C23H27IN4O4S. The summed E-state index contributed by atoms with van der Waals surface area (Å²) in [5.74, 6) is -0.992. The molecule has 1 aromatic carbocycles. The van der Waals surface area contributed by atoms with Gasteiger partial charge in [-0.15, -0.1) is 11.3 Å². The van der Waals surface area contributed by atoms with Crippen molar-refractivity contribution in [2.24, 2.45) is 5.41 Å². The van der Waals surface area contributed by atoms with E-state index in [0.717, 1.165) is 21.7 Å². The van der Waals surface area contributed by atoms with Gasteiger partial charge in [-0.05, 0) is 23.5 Å². The van der Waals surface area contributed by atoms with Crippen molar-refractivity contribution in [1.82, 2.24) is 20.5 Å². The zero-order valence-corrected chi connectivity index (χ0v) is 22.0. The van der Waals surface area contributed by atoms with Gasteiger partial charge in [0, 0.05) is 35.6 Å². The quantitative estimate of drug-likeness (QED) is 0.308. The summed E-state index contributed by atoms with van der Waals surface area (Å²) in [4.78, 5) is 56.6. The molecule has 176 valence electrons. The fourth-order valence-corrected chi connectivity index (χ4v) is 4.87. The minimum atomic E-state index is -0.889. The average molecular weight is 582 g/mol. The molecule has 33 heavy (non-hydrogen) atoms. The highest BCUT2D eigenvalue weighted by Gasteiger charge is 2.44. The van der Waals surface area contributed by atoms with Gasteiger partial charge in [0.1, 0.15) is 12.1 Å². The molecule has 1 aromatic heterocycles. The molecule has 8 nitrogen and oxygen atoms in total. The predicted molar refractivity (Wildman–Crippen MR) is 135 cm³/mol. The van der Waals surface area contributed by atoms with Crippen LogP contribution in [0.15, 0.2) is 29.8 Å². The second kappa shape index (κ2) is 10.3. The number of amides is 3. The van der Waals surface area contributed by atoms with Crippen molar-refractivity contribution in [3.8, 4) is 10.4 Å². The monoisotopic (exact) mass is 582 g/mol. The number of thiazole rings is 1. The van der Waals surface area contributed by atoms with Crippen LogP contribution in [0, 0.1) is 12.3 Å². The van der Waals surface area contributed by atoms with E-state index in [1.807, 2.05) is 57.5 Å². The summed E-state index contributed by atoms with van der Waals surface area (Å²) in [5.41, 5.74) is 4.17. The summed E-state index contributed by atoms with van der Waals surface area (Å²) in [6.07, 6.45) is -0.0315. The van der Waals surface area contributed by atoms with Crippen LogP contribution in [-0.2, 0) is 20.9 Å². The van der Waals surface area contributed by atoms with E-state index in [1.165, 1.54) is 4.90 Å². The lowest BCUT2D eigenvalue weighted by molar-refractivity contribution is -0.142. The number of nitrogens with zero attached hydrogens (tertiary/aromatic N) is 2. The van der Waals surface area contributed by atoms with Crippen molar-refractivity contribution >= 4 is 55.4 Å². The highest BCUT2D eigenvalue weighted by atomic mass is 127. The number of nitrogens with one attached hydrogen (secondary N) is 2. The second-order valence-corrected chi connectivity index (χ2v) is 11.0. The second-order valence-electron chi connectivity index (χ2n) is 9.12. The Kier molecular flexibility index (Phi) is 7.88. The number of ketones is 1. The molecule has 3 rings (SSSR count). The molecule has 0 spiro atoms. The molecule has 2 atom stereocenters. The molecule has 2 heterocycles. The Balaban J connectivity index is 1.68. The highest BCUT2D eigenvalue weighted by Crippen LogP contribution is 2.28. The molecule has 0 aliphatic carbocycles. The van der Waals surface area contributed by atoms with Crippen LogP contribution in [0.1, 0.15) is 38.4 Å². The number of carbonyl (C=O) groups excluding carboxylic acids is 4. The van der Waals surface area contributed by atoms with Gasteiger partial charge in [-0.3, -0.25) is 19.2 Å². The molecule has 0 saturated carbocycles. The van der Waals surface area contributed by atoms with E-state index in [-0.39, 0.29) is 35.1 Å². The third-order valence-electron chi connectivity index (χ3n) is 5.53. The van der Waals surface area contributed by atoms with Gasteiger partial charge in [0.2, 0.25) is 11.8 Å². The Morgan fingerprint density at radius 1 is 1.24 bits per heavy atom. The maximum absolute atomic E-state index is 13.2. The van der Waals surface area contributed by atoms with Crippen LogP contribution in [-0.4, -0.2) is 50.0 Å². The van der Waals surface area contributed by atoms with Gasteiger partial charge in [0.15, 0.2) is 5.78 Å². The number of Topliss-reactive ketones (excluding diaryl/α,β-unsaturated/α-hetero) is 1. The van der Waals surface area contributed by atoms with E-state index in [9.17, 15) is 19.2 Å². The van der Waals surface area contributed by atoms with Crippen LogP contribution in [0.4, 0.5) is 4.79 Å². The highest BCUT2D eigenvalue weighted by molar-refractivity contribution is 14.1. The third kappa shape index (κ3) is 6.17. The van der Waals surface area contributed by atoms with Gasteiger partial charge in [0.25, 0.3) is 3.91 Å². The number of aromatic nitrogens is 1. The molecule has 10 heteroatoms. The van der Waals surface area contributed by atoms with Crippen LogP contribution in [0.2, 0.25) is 0 Å². The molecule has 1 aliphatic heterocycles.